The second-order valence-corrected chi connectivity index (χ2v) is 4.28. The van der Waals surface area contributed by atoms with E-state index in [1.54, 1.807) is 6.92 Å². The number of hydrogen-bond donors (Lipinski definition) is 4. The molecular weight excluding hydrogens is 250 g/mol. The van der Waals surface area contributed by atoms with E-state index in [1.165, 1.54) is 0 Å². The lowest BCUT2D eigenvalue weighted by Crippen LogP contribution is -2.20. The van der Waals surface area contributed by atoms with Gasteiger partial charge in [-0.25, -0.2) is 0 Å². The van der Waals surface area contributed by atoms with Gasteiger partial charge < -0.3 is 15.6 Å². The van der Waals surface area contributed by atoms with E-state index in [0.29, 0.717) is 5.57 Å². The van der Waals surface area contributed by atoms with E-state index in [0.717, 1.165) is 5.56 Å². The maximum atomic E-state index is 11.8. The molecule has 1 aromatic carbocycles. The summed E-state index contributed by atoms with van der Waals surface area (Å²) >= 11 is 4.12. The van der Waals surface area contributed by atoms with Crippen molar-refractivity contribution in [3.05, 3.63) is 40.8 Å². The SMILES string of the molecule is C/C(=C(/S)C(=O)C(=N)CC(O)O)c1ccccc1. The van der Waals surface area contributed by atoms with Crippen molar-refractivity contribution in [2.75, 3.05) is 0 Å². The molecule has 0 aromatic heterocycles. The Kier molecular flexibility index (Phi) is 5.27. The summed E-state index contributed by atoms with van der Waals surface area (Å²) in [6, 6.07) is 9.22. The standard InChI is InChI=1S/C13H15NO3S/c1-8(9-5-3-2-4-6-9)13(18)12(17)10(14)7-11(15)16/h2-6,11,14-16,18H,7H2,1H3/b13-8-,14-10?. The highest BCUT2D eigenvalue weighted by atomic mass is 32.1. The summed E-state index contributed by atoms with van der Waals surface area (Å²) < 4.78 is 0. The molecule has 4 nitrogen and oxygen atoms in total. The third-order valence-electron chi connectivity index (χ3n) is 2.44. The Balaban J connectivity index is 2.95. The largest absolute Gasteiger partial charge is 0.368 e. The van der Waals surface area contributed by atoms with Crippen LogP contribution in [0.3, 0.4) is 0 Å². The molecule has 18 heavy (non-hydrogen) atoms. The molecule has 0 unspecified atom stereocenters. The molecule has 0 spiro atoms. The number of thiol groups is 1. The molecular formula is C13H15NO3S. The molecule has 0 saturated heterocycles. The molecule has 3 N–H and O–H groups in total. The molecule has 0 heterocycles. The highest BCUT2D eigenvalue weighted by Crippen LogP contribution is 2.21. The van der Waals surface area contributed by atoms with Gasteiger partial charge in [0.05, 0.1) is 10.6 Å². The number of carbonyl (C=O) groups excluding carboxylic acids is 1. The summed E-state index contributed by atoms with van der Waals surface area (Å²) in [5, 5.41) is 24.9. The van der Waals surface area contributed by atoms with E-state index in [9.17, 15) is 4.79 Å². The van der Waals surface area contributed by atoms with Crippen molar-refractivity contribution in [3.8, 4) is 0 Å². The summed E-state index contributed by atoms with van der Waals surface area (Å²) in [5.41, 5.74) is 1.12. The molecule has 0 aliphatic heterocycles. The van der Waals surface area contributed by atoms with Crippen LogP contribution in [0.2, 0.25) is 0 Å². The van der Waals surface area contributed by atoms with Crippen LogP contribution < -0.4 is 0 Å². The second kappa shape index (κ2) is 6.49. The van der Waals surface area contributed by atoms with Crippen LogP contribution >= 0.6 is 12.6 Å². The Bertz CT molecular complexity index is 480. The molecule has 1 rings (SSSR count). The minimum Gasteiger partial charge on any atom is -0.368 e. The Hall–Kier alpha value is -1.43. The fraction of sp³-hybridized carbons (Fsp3) is 0.231. The number of nitrogens with one attached hydrogen (secondary N) is 1. The van der Waals surface area contributed by atoms with E-state index < -0.39 is 18.5 Å². The van der Waals surface area contributed by atoms with E-state index in [2.05, 4.69) is 12.6 Å². The number of ketones is 1. The Labute approximate surface area is 111 Å². The zero-order valence-electron chi connectivity index (χ0n) is 9.92. The highest BCUT2D eigenvalue weighted by Gasteiger charge is 2.17. The van der Waals surface area contributed by atoms with Crippen molar-refractivity contribution in [2.45, 2.75) is 19.6 Å². The van der Waals surface area contributed by atoms with Crippen LogP contribution in [0.25, 0.3) is 5.57 Å². The van der Waals surface area contributed by atoms with Gasteiger partial charge in [-0.1, -0.05) is 30.3 Å². The molecule has 1 aromatic rings. The molecule has 0 aliphatic carbocycles. The zero-order valence-corrected chi connectivity index (χ0v) is 10.8. The van der Waals surface area contributed by atoms with Gasteiger partial charge >= 0.3 is 0 Å². The van der Waals surface area contributed by atoms with Crippen molar-refractivity contribution in [2.24, 2.45) is 0 Å². The van der Waals surface area contributed by atoms with Crippen LogP contribution in [0.4, 0.5) is 0 Å². The lowest BCUT2D eigenvalue weighted by molar-refractivity contribution is -0.109. The molecule has 0 bridgehead atoms. The van der Waals surface area contributed by atoms with Gasteiger partial charge in [0, 0.05) is 6.42 Å². The monoisotopic (exact) mass is 265 g/mol. The third-order valence-corrected chi connectivity index (χ3v) is 2.98. The topological polar surface area (TPSA) is 81.4 Å². The first-order valence-corrected chi connectivity index (χ1v) is 5.81. The molecule has 0 saturated carbocycles. The Morgan fingerprint density at radius 2 is 1.89 bits per heavy atom. The second-order valence-electron chi connectivity index (χ2n) is 3.83. The van der Waals surface area contributed by atoms with Crippen molar-refractivity contribution in [1.29, 1.82) is 5.41 Å². The van der Waals surface area contributed by atoms with Crippen LogP contribution in [-0.2, 0) is 4.79 Å². The van der Waals surface area contributed by atoms with Crippen molar-refractivity contribution >= 4 is 29.7 Å². The first-order valence-electron chi connectivity index (χ1n) is 5.37. The lowest BCUT2D eigenvalue weighted by atomic mass is 10.0. The first-order chi connectivity index (χ1) is 8.43. The molecule has 0 atom stereocenters. The predicted octanol–water partition coefficient (Wildman–Crippen LogP) is 1.64. The van der Waals surface area contributed by atoms with E-state index in [-0.39, 0.29) is 10.6 Å². The Morgan fingerprint density at radius 1 is 1.33 bits per heavy atom. The average Bonchev–Trinajstić information content (AvgIpc) is 2.36. The smallest absolute Gasteiger partial charge is 0.212 e. The Morgan fingerprint density at radius 3 is 2.39 bits per heavy atom. The number of aliphatic hydroxyl groups is 2. The number of benzene rings is 1. The zero-order chi connectivity index (χ0) is 13.7. The third kappa shape index (κ3) is 3.80. The molecule has 5 heteroatoms. The fourth-order valence-electron chi connectivity index (χ4n) is 1.41. The lowest BCUT2D eigenvalue weighted by Gasteiger charge is -2.08. The number of aliphatic hydroxyl groups excluding tert-OH is 1. The van der Waals surface area contributed by atoms with E-state index in [1.807, 2.05) is 30.3 Å². The maximum Gasteiger partial charge on any atom is 0.212 e. The van der Waals surface area contributed by atoms with Gasteiger partial charge in [0.15, 0.2) is 6.29 Å². The minimum absolute atomic E-state index is 0.145. The molecule has 0 radical (unpaired) electrons. The molecule has 0 amide bonds. The van der Waals surface area contributed by atoms with Gasteiger partial charge in [-0.15, -0.1) is 12.6 Å². The maximum absolute atomic E-state index is 11.8. The van der Waals surface area contributed by atoms with Gasteiger partial charge in [-0.05, 0) is 18.1 Å². The van der Waals surface area contributed by atoms with Crippen LogP contribution in [0.1, 0.15) is 18.9 Å². The average molecular weight is 265 g/mol. The number of allylic oxidation sites excluding steroid dienone is 2. The number of hydrogen-bond acceptors (Lipinski definition) is 5. The highest BCUT2D eigenvalue weighted by molar-refractivity contribution is 7.86. The van der Waals surface area contributed by atoms with Crippen molar-refractivity contribution < 1.29 is 15.0 Å². The normalized spacial score (nSPS) is 12.3. The van der Waals surface area contributed by atoms with Gasteiger partial charge in [0.2, 0.25) is 5.78 Å². The molecule has 0 fully saturated rings. The van der Waals surface area contributed by atoms with Crippen LogP contribution in [0.15, 0.2) is 35.2 Å². The van der Waals surface area contributed by atoms with Crippen molar-refractivity contribution in [1.82, 2.24) is 0 Å². The predicted molar refractivity (Wildman–Crippen MR) is 73.6 cm³/mol. The van der Waals surface area contributed by atoms with E-state index in [4.69, 9.17) is 15.6 Å². The number of rotatable bonds is 5. The quantitative estimate of drug-likeness (QED) is 0.283. The summed E-state index contributed by atoms with van der Waals surface area (Å²) in [6.07, 6.45) is -2.09. The van der Waals surface area contributed by atoms with Gasteiger partial charge in [-0.2, -0.15) is 0 Å². The first kappa shape index (κ1) is 14.6. The van der Waals surface area contributed by atoms with Crippen LogP contribution in [-0.4, -0.2) is 28.0 Å². The van der Waals surface area contributed by atoms with Gasteiger partial charge in [0.1, 0.15) is 0 Å². The van der Waals surface area contributed by atoms with Crippen molar-refractivity contribution in [3.63, 3.8) is 0 Å². The van der Waals surface area contributed by atoms with Gasteiger partial charge in [-0.3, -0.25) is 4.79 Å². The summed E-state index contributed by atoms with van der Waals surface area (Å²) in [7, 11) is 0. The summed E-state index contributed by atoms with van der Waals surface area (Å²) in [5.74, 6) is -0.590. The summed E-state index contributed by atoms with van der Waals surface area (Å²) in [4.78, 5) is 12.0. The van der Waals surface area contributed by atoms with Crippen LogP contribution in [0, 0.1) is 5.41 Å². The molecule has 0 aliphatic rings. The van der Waals surface area contributed by atoms with Crippen LogP contribution in [0.5, 0.6) is 0 Å². The van der Waals surface area contributed by atoms with Gasteiger partial charge in [0.25, 0.3) is 0 Å². The molecule has 96 valence electrons. The number of Topliss-reactive ketones (excluding diaryl/α,β-unsaturated/α-hetero) is 1. The number of carbonyl (C=O) groups is 1. The fourth-order valence-corrected chi connectivity index (χ4v) is 1.68. The minimum atomic E-state index is -1.69. The summed E-state index contributed by atoms with van der Waals surface area (Å²) in [6.45, 7) is 1.73. The van der Waals surface area contributed by atoms with E-state index >= 15 is 0 Å².